The van der Waals surface area contributed by atoms with E-state index in [1.165, 1.54) is 19.3 Å². The van der Waals surface area contributed by atoms with Crippen molar-refractivity contribution in [1.82, 2.24) is 5.32 Å². The molecule has 0 aromatic rings. The Kier molecular flexibility index (Phi) is 7.21. The van der Waals surface area contributed by atoms with Crippen LogP contribution in [0.3, 0.4) is 0 Å². The monoisotopic (exact) mass is 156 g/mol. The summed E-state index contributed by atoms with van der Waals surface area (Å²) in [6.45, 7) is 5.25. The van der Waals surface area contributed by atoms with Gasteiger partial charge in [0.15, 0.2) is 0 Å². The fourth-order valence-corrected chi connectivity index (χ4v) is 0.994. The summed E-state index contributed by atoms with van der Waals surface area (Å²) < 4.78 is 0. The number of hydrogen-bond donors (Lipinski definition) is 1. The molecule has 0 bridgehead atoms. The molecular formula is C9H18NO. The normalized spacial score (nSPS) is 10.1. The number of rotatable bonds is 7. The van der Waals surface area contributed by atoms with Crippen LogP contribution in [0, 0.1) is 5.92 Å². The second-order valence-electron chi connectivity index (χ2n) is 3.27. The smallest absolute Gasteiger partial charge is 0.309 e. The summed E-state index contributed by atoms with van der Waals surface area (Å²) in [7, 11) is 0. The molecule has 0 aromatic carbocycles. The van der Waals surface area contributed by atoms with Crippen molar-refractivity contribution in [3.05, 3.63) is 0 Å². The fourth-order valence-electron chi connectivity index (χ4n) is 0.994. The van der Waals surface area contributed by atoms with Crippen molar-refractivity contribution >= 4 is 6.41 Å². The van der Waals surface area contributed by atoms with Crippen LogP contribution in [0.4, 0.5) is 0 Å². The highest BCUT2D eigenvalue weighted by atomic mass is 16.1. The number of carbonyl (C=O) groups excluding carboxylic acids is 1. The quantitative estimate of drug-likeness (QED) is 0.442. The Morgan fingerprint density at radius 2 is 2.00 bits per heavy atom. The molecule has 0 fully saturated rings. The van der Waals surface area contributed by atoms with Gasteiger partial charge in [-0.1, -0.05) is 33.1 Å². The maximum Gasteiger partial charge on any atom is 0.309 e. The van der Waals surface area contributed by atoms with Gasteiger partial charge in [0.1, 0.15) is 0 Å². The summed E-state index contributed by atoms with van der Waals surface area (Å²) in [6.07, 6.45) is 6.54. The van der Waals surface area contributed by atoms with Gasteiger partial charge in [-0.3, -0.25) is 4.79 Å². The SMILES string of the molecule is CC(C)CCCCCN[C]=O. The molecule has 11 heavy (non-hydrogen) atoms. The Morgan fingerprint density at radius 1 is 1.27 bits per heavy atom. The molecule has 1 N–H and O–H groups in total. The van der Waals surface area contributed by atoms with Gasteiger partial charge < -0.3 is 5.32 Å². The Bertz CT molecular complexity index is 91.6. The lowest BCUT2D eigenvalue weighted by Crippen LogP contribution is -2.11. The van der Waals surface area contributed by atoms with Crippen molar-refractivity contribution < 1.29 is 4.79 Å². The molecule has 0 spiro atoms. The maximum absolute atomic E-state index is 9.71. The van der Waals surface area contributed by atoms with Crippen molar-refractivity contribution in [2.24, 2.45) is 5.92 Å². The lowest BCUT2D eigenvalue weighted by atomic mass is 10.1. The van der Waals surface area contributed by atoms with E-state index in [-0.39, 0.29) is 0 Å². The molecule has 0 saturated carbocycles. The van der Waals surface area contributed by atoms with Crippen LogP contribution in [-0.2, 0) is 4.79 Å². The largest absolute Gasteiger partial charge is 0.348 e. The van der Waals surface area contributed by atoms with Gasteiger partial charge in [0.2, 0.25) is 0 Å². The zero-order valence-corrected chi connectivity index (χ0v) is 7.52. The Hall–Kier alpha value is -0.530. The molecule has 0 aliphatic carbocycles. The first-order chi connectivity index (χ1) is 5.27. The molecule has 0 unspecified atom stereocenters. The van der Waals surface area contributed by atoms with Gasteiger partial charge in [-0.15, -0.1) is 0 Å². The molecule has 1 amide bonds. The van der Waals surface area contributed by atoms with Crippen LogP contribution < -0.4 is 5.32 Å². The van der Waals surface area contributed by atoms with Gasteiger partial charge in [-0.2, -0.15) is 0 Å². The summed E-state index contributed by atoms with van der Waals surface area (Å²) in [5, 5.41) is 2.53. The summed E-state index contributed by atoms with van der Waals surface area (Å²) in [5.41, 5.74) is 0. The molecular weight excluding hydrogens is 138 g/mol. The van der Waals surface area contributed by atoms with Gasteiger partial charge in [-0.25, -0.2) is 0 Å². The fraction of sp³-hybridized carbons (Fsp3) is 0.889. The van der Waals surface area contributed by atoms with Gasteiger partial charge in [0.25, 0.3) is 0 Å². The lowest BCUT2D eigenvalue weighted by Gasteiger charge is -2.02. The Balaban J connectivity index is 2.85. The minimum Gasteiger partial charge on any atom is -0.348 e. The Morgan fingerprint density at radius 3 is 2.55 bits per heavy atom. The molecule has 0 aliphatic heterocycles. The second kappa shape index (κ2) is 7.58. The summed E-state index contributed by atoms with van der Waals surface area (Å²) >= 11 is 0. The van der Waals surface area contributed by atoms with Crippen LogP contribution >= 0.6 is 0 Å². The molecule has 0 atom stereocenters. The summed E-state index contributed by atoms with van der Waals surface area (Å²) in [6, 6.07) is 0. The van der Waals surface area contributed by atoms with Crippen LogP contribution in [0.1, 0.15) is 39.5 Å². The first kappa shape index (κ1) is 10.5. The third kappa shape index (κ3) is 9.47. The van der Waals surface area contributed by atoms with Crippen LogP contribution in [0.5, 0.6) is 0 Å². The first-order valence-electron chi connectivity index (χ1n) is 4.37. The molecule has 0 aromatic heterocycles. The topological polar surface area (TPSA) is 29.1 Å². The second-order valence-corrected chi connectivity index (χ2v) is 3.27. The number of unbranched alkanes of at least 4 members (excludes halogenated alkanes) is 2. The summed E-state index contributed by atoms with van der Waals surface area (Å²) in [5.74, 6) is 0.806. The van der Waals surface area contributed by atoms with Crippen molar-refractivity contribution in [3.63, 3.8) is 0 Å². The minimum absolute atomic E-state index is 0.779. The van der Waals surface area contributed by atoms with E-state index < -0.39 is 0 Å². The predicted octanol–water partition coefficient (Wildman–Crippen LogP) is 1.86. The van der Waals surface area contributed by atoms with E-state index in [1.54, 1.807) is 6.41 Å². The highest BCUT2D eigenvalue weighted by molar-refractivity contribution is 5.46. The van der Waals surface area contributed by atoms with Crippen LogP contribution in [0.2, 0.25) is 0 Å². The predicted molar refractivity (Wildman–Crippen MR) is 47.0 cm³/mol. The Labute approximate surface area is 69.4 Å². The van der Waals surface area contributed by atoms with E-state index in [2.05, 4.69) is 19.2 Å². The van der Waals surface area contributed by atoms with Gasteiger partial charge in [0.05, 0.1) is 0 Å². The number of amides is 1. The maximum atomic E-state index is 9.71. The van der Waals surface area contributed by atoms with Crippen molar-refractivity contribution in [3.8, 4) is 0 Å². The molecule has 0 aliphatic rings. The third-order valence-electron chi connectivity index (χ3n) is 1.66. The molecule has 2 nitrogen and oxygen atoms in total. The molecule has 1 radical (unpaired) electrons. The average Bonchev–Trinajstić information content (AvgIpc) is 1.96. The lowest BCUT2D eigenvalue weighted by molar-refractivity contribution is 0.515. The number of nitrogens with one attached hydrogen (secondary N) is 1. The van der Waals surface area contributed by atoms with E-state index in [9.17, 15) is 4.79 Å². The van der Waals surface area contributed by atoms with Crippen LogP contribution in [0.15, 0.2) is 0 Å². The average molecular weight is 156 g/mol. The number of hydrogen-bond acceptors (Lipinski definition) is 1. The molecule has 0 rings (SSSR count). The molecule has 0 heterocycles. The van der Waals surface area contributed by atoms with Crippen molar-refractivity contribution in [1.29, 1.82) is 0 Å². The molecule has 2 heteroatoms. The van der Waals surface area contributed by atoms with E-state index in [0.29, 0.717) is 0 Å². The highest BCUT2D eigenvalue weighted by Gasteiger charge is 1.93. The van der Waals surface area contributed by atoms with E-state index in [0.717, 1.165) is 18.9 Å². The van der Waals surface area contributed by atoms with E-state index >= 15 is 0 Å². The summed E-state index contributed by atoms with van der Waals surface area (Å²) in [4.78, 5) is 9.71. The van der Waals surface area contributed by atoms with Crippen molar-refractivity contribution in [2.45, 2.75) is 39.5 Å². The minimum atomic E-state index is 0.779. The van der Waals surface area contributed by atoms with Crippen LogP contribution in [0.25, 0.3) is 0 Å². The van der Waals surface area contributed by atoms with E-state index in [4.69, 9.17) is 0 Å². The van der Waals surface area contributed by atoms with Gasteiger partial charge in [-0.05, 0) is 12.3 Å². The standard InChI is InChI=1S/C9H18NO/c1-9(2)6-4-3-5-7-10-8-11/h9H,3-7H2,1-2H3,(H,10,11). The van der Waals surface area contributed by atoms with Gasteiger partial charge >= 0.3 is 6.41 Å². The van der Waals surface area contributed by atoms with Gasteiger partial charge in [0, 0.05) is 6.54 Å². The third-order valence-corrected chi connectivity index (χ3v) is 1.66. The van der Waals surface area contributed by atoms with Crippen molar-refractivity contribution in [2.75, 3.05) is 6.54 Å². The zero-order valence-electron chi connectivity index (χ0n) is 7.52. The highest BCUT2D eigenvalue weighted by Crippen LogP contribution is 2.06. The van der Waals surface area contributed by atoms with Crippen LogP contribution in [-0.4, -0.2) is 13.0 Å². The van der Waals surface area contributed by atoms with E-state index in [1.807, 2.05) is 0 Å². The molecule has 65 valence electrons. The molecule has 0 saturated heterocycles. The first-order valence-corrected chi connectivity index (χ1v) is 4.37. The zero-order chi connectivity index (χ0) is 8.53.